The second-order valence-corrected chi connectivity index (χ2v) is 6.02. The van der Waals surface area contributed by atoms with Crippen LogP contribution in [-0.4, -0.2) is 34.6 Å². The van der Waals surface area contributed by atoms with Gasteiger partial charge < -0.3 is 4.90 Å². The molecule has 0 aromatic carbocycles. The maximum Gasteiger partial charge on any atom is 0.194 e. The van der Waals surface area contributed by atoms with Crippen LogP contribution in [0.15, 0.2) is 11.8 Å². The van der Waals surface area contributed by atoms with Gasteiger partial charge in [-0.05, 0) is 19.8 Å². The van der Waals surface area contributed by atoms with Gasteiger partial charge in [0.05, 0.1) is 17.0 Å². The third-order valence-electron chi connectivity index (χ3n) is 3.35. The highest BCUT2D eigenvalue weighted by molar-refractivity contribution is 6.13. The van der Waals surface area contributed by atoms with E-state index in [1.807, 2.05) is 29.9 Å². The third-order valence-corrected chi connectivity index (χ3v) is 3.35. The van der Waals surface area contributed by atoms with Crippen LogP contribution >= 0.6 is 0 Å². The summed E-state index contributed by atoms with van der Waals surface area (Å²) in [4.78, 5) is 14.5. The second kappa shape index (κ2) is 4.83. The molecule has 0 radical (unpaired) electrons. The summed E-state index contributed by atoms with van der Waals surface area (Å²) >= 11 is 0. The van der Waals surface area contributed by atoms with Crippen molar-refractivity contribution in [1.29, 1.82) is 0 Å². The SMILES string of the molecule is CC(C)c1c2c(nn1C(C)C)C/C(=C/N(C)C)C2=O. The largest absolute Gasteiger partial charge is 0.383 e. The molecule has 0 amide bonds. The first-order valence-corrected chi connectivity index (χ1v) is 6.86. The van der Waals surface area contributed by atoms with Crippen molar-refractivity contribution in [3.63, 3.8) is 0 Å². The van der Waals surface area contributed by atoms with Gasteiger partial charge in [-0.15, -0.1) is 0 Å². The number of hydrogen-bond acceptors (Lipinski definition) is 3. The molecule has 0 atom stereocenters. The van der Waals surface area contributed by atoms with Crippen molar-refractivity contribution >= 4 is 5.78 Å². The van der Waals surface area contributed by atoms with Gasteiger partial charge in [0, 0.05) is 38.3 Å². The molecule has 1 heterocycles. The minimum Gasteiger partial charge on any atom is -0.383 e. The highest BCUT2D eigenvalue weighted by atomic mass is 16.1. The Morgan fingerprint density at radius 1 is 1.26 bits per heavy atom. The first-order chi connectivity index (χ1) is 8.82. The van der Waals surface area contributed by atoms with Gasteiger partial charge in [0.15, 0.2) is 5.78 Å². The number of Topliss-reactive ketones (excluding diaryl/α,β-unsaturated/α-hetero) is 1. The van der Waals surface area contributed by atoms with Gasteiger partial charge in [0.1, 0.15) is 0 Å². The lowest BCUT2D eigenvalue weighted by atomic mass is 10.0. The van der Waals surface area contributed by atoms with Crippen molar-refractivity contribution in [2.75, 3.05) is 14.1 Å². The number of carbonyl (C=O) groups excluding carboxylic acids is 1. The highest BCUT2D eigenvalue weighted by Gasteiger charge is 2.34. The Labute approximate surface area is 115 Å². The molecule has 4 nitrogen and oxygen atoms in total. The van der Waals surface area contributed by atoms with Gasteiger partial charge in [-0.25, -0.2) is 0 Å². The molecular weight excluding hydrogens is 238 g/mol. The Bertz CT molecular complexity index is 536. The molecule has 0 unspecified atom stereocenters. The number of ketones is 1. The summed E-state index contributed by atoms with van der Waals surface area (Å²) in [5.41, 5.74) is 3.71. The molecule has 0 saturated carbocycles. The van der Waals surface area contributed by atoms with Gasteiger partial charge in [-0.2, -0.15) is 5.10 Å². The molecule has 0 bridgehead atoms. The van der Waals surface area contributed by atoms with Crippen LogP contribution in [0.25, 0.3) is 0 Å². The van der Waals surface area contributed by atoms with Crippen LogP contribution in [0.5, 0.6) is 0 Å². The van der Waals surface area contributed by atoms with Crippen LogP contribution in [0, 0.1) is 0 Å². The van der Waals surface area contributed by atoms with Crippen LogP contribution in [0.1, 0.15) is 61.4 Å². The van der Waals surface area contributed by atoms with Crippen molar-refractivity contribution in [3.05, 3.63) is 28.7 Å². The van der Waals surface area contributed by atoms with Crippen molar-refractivity contribution in [1.82, 2.24) is 14.7 Å². The Hall–Kier alpha value is -1.58. The predicted molar refractivity (Wildman–Crippen MR) is 76.5 cm³/mol. The zero-order valence-electron chi connectivity index (χ0n) is 12.7. The lowest BCUT2D eigenvalue weighted by Gasteiger charge is -2.15. The van der Waals surface area contributed by atoms with E-state index in [2.05, 4.69) is 32.8 Å². The van der Waals surface area contributed by atoms with Crippen LogP contribution in [0.2, 0.25) is 0 Å². The molecule has 0 aliphatic heterocycles. The number of rotatable bonds is 3. The number of hydrogen-bond donors (Lipinski definition) is 0. The smallest absolute Gasteiger partial charge is 0.194 e. The molecule has 1 aliphatic rings. The van der Waals surface area contributed by atoms with E-state index in [-0.39, 0.29) is 11.8 Å². The monoisotopic (exact) mass is 261 g/mol. The molecule has 19 heavy (non-hydrogen) atoms. The van der Waals surface area contributed by atoms with Crippen LogP contribution in [0.4, 0.5) is 0 Å². The average Bonchev–Trinajstić information content (AvgIpc) is 2.77. The average molecular weight is 261 g/mol. The lowest BCUT2D eigenvalue weighted by molar-refractivity contribution is 0.103. The number of nitrogens with zero attached hydrogens (tertiary/aromatic N) is 3. The highest BCUT2D eigenvalue weighted by Crippen LogP contribution is 2.34. The van der Waals surface area contributed by atoms with E-state index in [1.54, 1.807) is 0 Å². The van der Waals surface area contributed by atoms with E-state index in [9.17, 15) is 4.79 Å². The molecular formula is C15H23N3O. The molecule has 0 fully saturated rings. The number of allylic oxidation sites excluding steroid dienone is 1. The summed E-state index contributed by atoms with van der Waals surface area (Å²) in [6.45, 7) is 8.46. The minimum atomic E-state index is 0.152. The predicted octanol–water partition coefficient (Wildman–Crippen LogP) is 2.77. The molecule has 1 aromatic rings. The number of carbonyl (C=O) groups is 1. The second-order valence-electron chi connectivity index (χ2n) is 6.02. The standard InChI is InChI=1S/C15H23N3O/c1-9(2)14-13-12(16-18(14)10(3)4)7-11(15(13)19)8-17(5)6/h8-10H,7H2,1-6H3/b11-8-. The van der Waals surface area contributed by atoms with E-state index >= 15 is 0 Å². The summed E-state index contributed by atoms with van der Waals surface area (Å²) in [6, 6.07) is 0.289. The van der Waals surface area contributed by atoms with E-state index in [4.69, 9.17) is 0 Å². The molecule has 0 N–H and O–H groups in total. The first kappa shape index (κ1) is 13.8. The molecule has 1 aliphatic carbocycles. The van der Waals surface area contributed by atoms with Crippen molar-refractivity contribution < 1.29 is 4.79 Å². The van der Waals surface area contributed by atoms with E-state index in [0.717, 1.165) is 22.5 Å². The van der Waals surface area contributed by atoms with Crippen LogP contribution in [-0.2, 0) is 6.42 Å². The fourth-order valence-electron chi connectivity index (χ4n) is 2.65. The van der Waals surface area contributed by atoms with Gasteiger partial charge >= 0.3 is 0 Å². The van der Waals surface area contributed by atoms with Gasteiger partial charge in [-0.1, -0.05) is 13.8 Å². The Balaban J connectivity index is 2.53. The summed E-state index contributed by atoms with van der Waals surface area (Å²) < 4.78 is 2.01. The fourth-order valence-corrected chi connectivity index (χ4v) is 2.65. The molecule has 104 valence electrons. The minimum absolute atomic E-state index is 0.152. The quantitative estimate of drug-likeness (QED) is 0.785. The molecule has 0 spiro atoms. The lowest BCUT2D eigenvalue weighted by Crippen LogP contribution is -2.13. The number of aromatic nitrogens is 2. The summed E-state index contributed by atoms with van der Waals surface area (Å²) in [7, 11) is 3.88. The topological polar surface area (TPSA) is 38.1 Å². The van der Waals surface area contributed by atoms with Gasteiger partial charge in [0.2, 0.25) is 0 Å². The summed E-state index contributed by atoms with van der Waals surface area (Å²) in [5.74, 6) is 0.459. The normalized spacial score (nSPS) is 16.8. The van der Waals surface area contributed by atoms with Crippen molar-refractivity contribution in [2.45, 2.75) is 46.1 Å². The Morgan fingerprint density at radius 3 is 2.37 bits per heavy atom. The van der Waals surface area contributed by atoms with E-state index in [0.29, 0.717) is 12.3 Å². The maximum absolute atomic E-state index is 12.5. The van der Waals surface area contributed by atoms with Crippen molar-refractivity contribution in [3.8, 4) is 0 Å². The summed E-state index contributed by atoms with van der Waals surface area (Å²) in [6.07, 6.45) is 2.57. The fraction of sp³-hybridized carbons (Fsp3) is 0.600. The third kappa shape index (κ3) is 2.31. The van der Waals surface area contributed by atoms with Crippen LogP contribution in [0.3, 0.4) is 0 Å². The Kier molecular flexibility index (Phi) is 3.52. The zero-order chi connectivity index (χ0) is 14.3. The first-order valence-electron chi connectivity index (χ1n) is 6.86. The molecule has 1 aromatic heterocycles. The van der Waals surface area contributed by atoms with E-state index in [1.165, 1.54) is 0 Å². The number of fused-ring (bicyclic) bond motifs is 1. The van der Waals surface area contributed by atoms with Crippen molar-refractivity contribution in [2.24, 2.45) is 0 Å². The molecule has 2 rings (SSSR count). The van der Waals surface area contributed by atoms with Crippen LogP contribution < -0.4 is 0 Å². The molecule has 4 heteroatoms. The zero-order valence-corrected chi connectivity index (χ0v) is 12.7. The molecule has 0 saturated heterocycles. The van der Waals surface area contributed by atoms with E-state index < -0.39 is 0 Å². The van der Waals surface area contributed by atoms with Gasteiger partial charge in [0.25, 0.3) is 0 Å². The maximum atomic E-state index is 12.5. The Morgan fingerprint density at radius 2 is 1.89 bits per heavy atom. The van der Waals surface area contributed by atoms with Gasteiger partial charge in [-0.3, -0.25) is 9.48 Å². The summed E-state index contributed by atoms with van der Waals surface area (Å²) in [5, 5.41) is 4.66.